The quantitative estimate of drug-likeness (QED) is 0.229. The summed E-state index contributed by atoms with van der Waals surface area (Å²) in [7, 11) is 0. The van der Waals surface area contributed by atoms with Crippen molar-refractivity contribution in [2.75, 3.05) is 13.2 Å². The number of hydrogen-bond donors (Lipinski definition) is 1. The summed E-state index contributed by atoms with van der Waals surface area (Å²) < 4.78 is 6.70. The third-order valence-corrected chi connectivity index (χ3v) is 7.51. The first kappa shape index (κ1) is 30.0. The van der Waals surface area contributed by atoms with Crippen molar-refractivity contribution >= 4 is 50.9 Å². The first-order chi connectivity index (χ1) is 18.2. The second kappa shape index (κ2) is 14.6. The summed E-state index contributed by atoms with van der Waals surface area (Å²) in [6.45, 7) is 6.51. The summed E-state index contributed by atoms with van der Waals surface area (Å²) in [6.07, 6.45) is 1.11. The summed E-state index contributed by atoms with van der Waals surface area (Å²) in [5.41, 5.74) is 2.66. The Morgan fingerprint density at radius 2 is 1.68 bits per heavy atom. The maximum atomic E-state index is 13.8. The van der Waals surface area contributed by atoms with Gasteiger partial charge in [0.25, 0.3) is 5.91 Å². The number of benzene rings is 3. The van der Waals surface area contributed by atoms with Gasteiger partial charge in [-0.1, -0.05) is 86.4 Å². The molecule has 3 rings (SSSR count). The van der Waals surface area contributed by atoms with Gasteiger partial charge in [-0.3, -0.25) is 9.59 Å². The number of ether oxygens (including phenoxy) is 1. The molecule has 1 atom stereocenters. The topological polar surface area (TPSA) is 58.6 Å². The van der Waals surface area contributed by atoms with E-state index in [-0.39, 0.29) is 25.0 Å². The van der Waals surface area contributed by atoms with Crippen molar-refractivity contribution < 1.29 is 14.3 Å². The van der Waals surface area contributed by atoms with E-state index in [9.17, 15) is 9.59 Å². The molecule has 0 aliphatic heterocycles. The highest BCUT2D eigenvalue weighted by Gasteiger charge is 2.31. The van der Waals surface area contributed by atoms with E-state index in [0.29, 0.717) is 40.2 Å². The monoisotopic (exact) mass is 618 g/mol. The molecule has 0 bridgehead atoms. The first-order valence-electron chi connectivity index (χ1n) is 12.7. The van der Waals surface area contributed by atoms with Crippen LogP contribution in [0.2, 0.25) is 10.0 Å². The lowest BCUT2D eigenvalue weighted by Crippen LogP contribution is -2.51. The molecular formula is C30H33BrCl2N2O3. The predicted molar refractivity (Wildman–Crippen MR) is 158 cm³/mol. The molecule has 202 valence electrons. The Balaban J connectivity index is 1.94. The fraction of sp³-hybridized carbons (Fsp3) is 0.333. The minimum Gasteiger partial charge on any atom is -0.483 e. The zero-order chi connectivity index (χ0) is 27.7. The van der Waals surface area contributed by atoms with Crippen molar-refractivity contribution in [1.29, 1.82) is 0 Å². The number of nitrogens with zero attached hydrogens (tertiary/aromatic N) is 1. The number of nitrogens with one attached hydrogen (secondary N) is 1. The van der Waals surface area contributed by atoms with Gasteiger partial charge in [0.1, 0.15) is 11.8 Å². The largest absolute Gasteiger partial charge is 0.483 e. The molecule has 0 saturated carbocycles. The van der Waals surface area contributed by atoms with Gasteiger partial charge in [-0.15, -0.1) is 0 Å². The number of carbonyl (C=O) groups is 2. The van der Waals surface area contributed by atoms with Gasteiger partial charge in [-0.05, 0) is 63.7 Å². The fourth-order valence-corrected chi connectivity index (χ4v) is 5.02. The summed E-state index contributed by atoms with van der Waals surface area (Å²) in [6, 6.07) is 19.8. The van der Waals surface area contributed by atoms with Crippen molar-refractivity contribution in [1.82, 2.24) is 10.2 Å². The molecule has 0 saturated heterocycles. The molecular weight excluding hydrogens is 587 g/mol. The van der Waals surface area contributed by atoms with Gasteiger partial charge < -0.3 is 15.0 Å². The van der Waals surface area contributed by atoms with Crippen LogP contribution in [0.25, 0.3) is 0 Å². The highest BCUT2D eigenvalue weighted by Crippen LogP contribution is 2.30. The van der Waals surface area contributed by atoms with Gasteiger partial charge in [0.15, 0.2) is 6.61 Å². The van der Waals surface area contributed by atoms with Crippen molar-refractivity contribution in [3.8, 4) is 5.75 Å². The molecule has 8 heteroatoms. The minimum absolute atomic E-state index is 0.0607. The average Bonchev–Trinajstić information content (AvgIpc) is 2.90. The molecule has 0 spiro atoms. The van der Waals surface area contributed by atoms with E-state index >= 15 is 0 Å². The molecule has 0 aliphatic carbocycles. The SMILES string of the molecule is CCCNC(=O)C(Cc1ccccc1)N(Cc1c(Cl)cccc1Cl)C(=O)COc1ccc(C(C)C)cc1Br. The van der Waals surface area contributed by atoms with Gasteiger partial charge in [-0.25, -0.2) is 0 Å². The normalized spacial score (nSPS) is 11.8. The molecule has 0 fully saturated rings. The van der Waals surface area contributed by atoms with Gasteiger partial charge in [0.2, 0.25) is 5.91 Å². The lowest BCUT2D eigenvalue weighted by Gasteiger charge is -2.32. The van der Waals surface area contributed by atoms with E-state index in [1.807, 2.05) is 55.5 Å². The van der Waals surface area contributed by atoms with E-state index < -0.39 is 6.04 Å². The summed E-state index contributed by atoms with van der Waals surface area (Å²) in [4.78, 5) is 28.7. The Hall–Kier alpha value is -2.54. The summed E-state index contributed by atoms with van der Waals surface area (Å²) >= 11 is 16.5. The molecule has 3 aromatic carbocycles. The minimum atomic E-state index is -0.792. The molecule has 3 aromatic rings. The zero-order valence-corrected chi connectivity index (χ0v) is 24.9. The van der Waals surface area contributed by atoms with Gasteiger partial charge in [0.05, 0.1) is 4.47 Å². The maximum Gasteiger partial charge on any atom is 0.261 e. The Bertz CT molecular complexity index is 1220. The van der Waals surface area contributed by atoms with E-state index in [2.05, 4.69) is 35.1 Å². The second-order valence-corrected chi connectivity index (χ2v) is 11.0. The lowest BCUT2D eigenvalue weighted by molar-refractivity contribution is -0.142. The Kier molecular flexibility index (Phi) is 11.5. The number of amides is 2. The van der Waals surface area contributed by atoms with E-state index in [4.69, 9.17) is 27.9 Å². The van der Waals surface area contributed by atoms with Crippen LogP contribution in [-0.2, 0) is 22.6 Å². The highest BCUT2D eigenvalue weighted by molar-refractivity contribution is 9.10. The maximum absolute atomic E-state index is 13.8. The Morgan fingerprint density at radius 3 is 2.29 bits per heavy atom. The summed E-state index contributed by atoms with van der Waals surface area (Å²) in [5, 5.41) is 3.81. The van der Waals surface area contributed by atoms with Crippen molar-refractivity contribution in [2.45, 2.75) is 52.1 Å². The van der Waals surface area contributed by atoms with E-state index in [1.54, 1.807) is 18.2 Å². The molecule has 2 amide bonds. The van der Waals surface area contributed by atoms with Crippen LogP contribution in [0.5, 0.6) is 5.75 Å². The predicted octanol–water partition coefficient (Wildman–Crippen LogP) is 7.42. The van der Waals surface area contributed by atoms with Gasteiger partial charge >= 0.3 is 0 Å². The molecule has 1 N–H and O–H groups in total. The highest BCUT2D eigenvalue weighted by atomic mass is 79.9. The standard InChI is InChI=1S/C30H33BrCl2N2O3/c1-4-15-34-30(37)27(16-21-9-6-5-7-10-21)35(18-23-25(32)11-8-12-26(23)33)29(36)19-38-28-14-13-22(20(2)3)17-24(28)31/h5-14,17,20,27H,4,15-16,18-19H2,1-3H3,(H,34,37). The van der Waals surface area contributed by atoms with Crippen molar-refractivity contribution in [3.63, 3.8) is 0 Å². The van der Waals surface area contributed by atoms with E-state index in [0.717, 1.165) is 22.0 Å². The lowest BCUT2D eigenvalue weighted by atomic mass is 10.0. The number of carbonyl (C=O) groups excluding carboxylic acids is 2. The van der Waals surface area contributed by atoms with Crippen LogP contribution in [-0.4, -0.2) is 35.9 Å². The first-order valence-corrected chi connectivity index (χ1v) is 14.2. The second-order valence-electron chi connectivity index (χ2n) is 9.35. The van der Waals surface area contributed by atoms with Crippen LogP contribution in [0.4, 0.5) is 0 Å². The van der Waals surface area contributed by atoms with Crippen LogP contribution in [0.1, 0.15) is 49.8 Å². The fourth-order valence-electron chi connectivity index (χ4n) is 3.99. The molecule has 0 aliphatic rings. The van der Waals surface area contributed by atoms with Gasteiger partial charge in [0, 0.05) is 35.1 Å². The molecule has 5 nitrogen and oxygen atoms in total. The summed E-state index contributed by atoms with van der Waals surface area (Å²) in [5.74, 6) is 0.315. The zero-order valence-electron chi connectivity index (χ0n) is 21.8. The third-order valence-electron chi connectivity index (χ3n) is 6.18. The Morgan fingerprint density at radius 1 is 1.00 bits per heavy atom. The number of hydrogen-bond acceptors (Lipinski definition) is 3. The molecule has 0 heterocycles. The van der Waals surface area contributed by atoms with Gasteiger partial charge in [-0.2, -0.15) is 0 Å². The number of halogens is 3. The van der Waals surface area contributed by atoms with Crippen LogP contribution in [0.15, 0.2) is 71.2 Å². The van der Waals surface area contributed by atoms with Crippen LogP contribution in [0.3, 0.4) is 0 Å². The molecule has 0 aromatic heterocycles. The number of rotatable bonds is 12. The van der Waals surface area contributed by atoms with Crippen molar-refractivity contribution in [2.24, 2.45) is 0 Å². The molecule has 38 heavy (non-hydrogen) atoms. The Labute approximate surface area is 243 Å². The molecule has 1 unspecified atom stereocenters. The van der Waals surface area contributed by atoms with E-state index in [1.165, 1.54) is 4.90 Å². The van der Waals surface area contributed by atoms with Crippen LogP contribution in [0, 0.1) is 0 Å². The van der Waals surface area contributed by atoms with Crippen LogP contribution < -0.4 is 10.1 Å². The third kappa shape index (κ3) is 8.23. The van der Waals surface area contributed by atoms with Crippen LogP contribution >= 0.6 is 39.1 Å². The smallest absolute Gasteiger partial charge is 0.261 e. The average molecular weight is 620 g/mol. The van der Waals surface area contributed by atoms with Crippen molar-refractivity contribution in [3.05, 3.63) is 97.9 Å². The molecule has 0 radical (unpaired) electrons.